The molecule has 1 saturated heterocycles. The highest BCUT2D eigenvalue weighted by Gasteiger charge is 2.38. The van der Waals surface area contributed by atoms with E-state index in [0.29, 0.717) is 6.10 Å². The summed E-state index contributed by atoms with van der Waals surface area (Å²) in [6.45, 7) is 2.89. The summed E-state index contributed by atoms with van der Waals surface area (Å²) in [7, 11) is 0. The van der Waals surface area contributed by atoms with Crippen LogP contribution in [0.3, 0.4) is 0 Å². The zero-order chi connectivity index (χ0) is 12.3. The minimum atomic E-state index is 0.197. The molecule has 3 aliphatic rings. The van der Waals surface area contributed by atoms with E-state index < -0.39 is 0 Å². The van der Waals surface area contributed by atoms with Crippen LogP contribution in [0, 0.1) is 0 Å². The molecule has 18 heavy (non-hydrogen) atoms. The quantitative estimate of drug-likeness (QED) is 0.756. The van der Waals surface area contributed by atoms with E-state index in [1.54, 1.807) is 0 Å². The maximum Gasteiger partial charge on any atom is 0.0808 e. The first-order chi connectivity index (χ1) is 8.86. The van der Waals surface area contributed by atoms with E-state index in [9.17, 15) is 0 Å². The Kier molecular flexibility index (Phi) is 4.22. The summed E-state index contributed by atoms with van der Waals surface area (Å²) in [5, 5.41) is 3.61. The molecule has 0 amide bonds. The van der Waals surface area contributed by atoms with Gasteiger partial charge in [0.05, 0.1) is 18.3 Å². The van der Waals surface area contributed by atoms with Gasteiger partial charge in [-0.25, -0.2) is 0 Å². The predicted molar refractivity (Wildman–Crippen MR) is 71.8 cm³/mol. The molecule has 0 aromatic rings. The van der Waals surface area contributed by atoms with Gasteiger partial charge in [0.2, 0.25) is 0 Å². The molecule has 1 aliphatic heterocycles. The van der Waals surface area contributed by atoms with Gasteiger partial charge in [-0.1, -0.05) is 0 Å². The maximum absolute atomic E-state index is 6.24. The van der Waals surface area contributed by atoms with Gasteiger partial charge < -0.3 is 14.8 Å². The summed E-state index contributed by atoms with van der Waals surface area (Å²) >= 11 is 0. The molecule has 0 radical (unpaired) electrons. The van der Waals surface area contributed by atoms with Crippen LogP contribution in [0.2, 0.25) is 0 Å². The topological polar surface area (TPSA) is 30.5 Å². The molecule has 1 unspecified atom stereocenters. The molecule has 2 aliphatic carbocycles. The van der Waals surface area contributed by atoms with Crippen LogP contribution in [0.15, 0.2) is 0 Å². The number of nitrogens with one attached hydrogen (secondary N) is 1. The van der Waals surface area contributed by atoms with Crippen molar-refractivity contribution in [2.24, 2.45) is 0 Å². The van der Waals surface area contributed by atoms with E-state index in [-0.39, 0.29) is 5.60 Å². The van der Waals surface area contributed by atoms with Gasteiger partial charge in [0, 0.05) is 12.6 Å². The van der Waals surface area contributed by atoms with Crippen molar-refractivity contribution in [1.29, 1.82) is 0 Å². The van der Waals surface area contributed by atoms with Gasteiger partial charge in [-0.2, -0.15) is 0 Å². The van der Waals surface area contributed by atoms with Gasteiger partial charge in [-0.15, -0.1) is 0 Å². The normalized spacial score (nSPS) is 31.0. The molecule has 0 aromatic carbocycles. The molecule has 3 rings (SSSR count). The van der Waals surface area contributed by atoms with Crippen LogP contribution in [-0.2, 0) is 9.47 Å². The number of hydrogen-bond acceptors (Lipinski definition) is 3. The van der Waals surface area contributed by atoms with Gasteiger partial charge in [-0.05, 0) is 64.3 Å². The Morgan fingerprint density at radius 3 is 2.61 bits per heavy atom. The van der Waals surface area contributed by atoms with Crippen molar-refractivity contribution in [3.63, 3.8) is 0 Å². The average molecular weight is 253 g/mol. The monoisotopic (exact) mass is 253 g/mol. The van der Waals surface area contributed by atoms with Crippen LogP contribution < -0.4 is 5.32 Å². The van der Waals surface area contributed by atoms with Crippen molar-refractivity contribution in [1.82, 2.24) is 5.32 Å². The van der Waals surface area contributed by atoms with Crippen molar-refractivity contribution in [3.05, 3.63) is 0 Å². The summed E-state index contributed by atoms with van der Waals surface area (Å²) in [6, 6.07) is 0.823. The number of ether oxygens (including phenoxy) is 2. The molecule has 0 bridgehead atoms. The lowest BCUT2D eigenvalue weighted by Gasteiger charge is -2.43. The second-order valence-electron chi connectivity index (χ2n) is 6.31. The number of rotatable bonds is 7. The van der Waals surface area contributed by atoms with Gasteiger partial charge in [0.1, 0.15) is 0 Å². The summed E-state index contributed by atoms with van der Waals surface area (Å²) in [6.07, 6.45) is 11.9. The van der Waals surface area contributed by atoms with Crippen LogP contribution in [0.5, 0.6) is 0 Å². The third-order valence-corrected chi connectivity index (χ3v) is 4.71. The van der Waals surface area contributed by atoms with Crippen molar-refractivity contribution in [2.75, 3.05) is 19.8 Å². The van der Waals surface area contributed by atoms with E-state index in [1.165, 1.54) is 57.8 Å². The smallest absolute Gasteiger partial charge is 0.0808 e. The third-order valence-electron chi connectivity index (χ3n) is 4.71. The van der Waals surface area contributed by atoms with Crippen LogP contribution in [0.1, 0.15) is 57.8 Å². The Hall–Kier alpha value is -0.120. The van der Waals surface area contributed by atoms with E-state index in [1.807, 2.05) is 0 Å². The first-order valence-corrected chi connectivity index (χ1v) is 7.85. The standard InChI is InChI=1S/C15H27NO2/c1-2-11-17-14(4-1)12-18-15(7-3-8-15)9-10-16-13-5-6-13/h13-14,16H,1-12H2. The Morgan fingerprint density at radius 2 is 2.00 bits per heavy atom. The van der Waals surface area contributed by atoms with Gasteiger partial charge >= 0.3 is 0 Å². The molecular weight excluding hydrogens is 226 g/mol. The van der Waals surface area contributed by atoms with Gasteiger partial charge in [0.25, 0.3) is 0 Å². The molecule has 1 heterocycles. The van der Waals surface area contributed by atoms with Gasteiger partial charge in [0.15, 0.2) is 0 Å². The first-order valence-electron chi connectivity index (χ1n) is 7.85. The van der Waals surface area contributed by atoms with E-state index in [4.69, 9.17) is 9.47 Å². The minimum Gasteiger partial charge on any atom is -0.376 e. The Labute approximate surface area is 111 Å². The summed E-state index contributed by atoms with van der Waals surface area (Å²) in [5.41, 5.74) is 0.197. The van der Waals surface area contributed by atoms with Crippen molar-refractivity contribution in [3.8, 4) is 0 Å². The molecule has 1 N–H and O–H groups in total. The fourth-order valence-corrected chi connectivity index (χ4v) is 3.04. The van der Waals surface area contributed by atoms with Crippen LogP contribution in [0.25, 0.3) is 0 Å². The highest BCUT2D eigenvalue weighted by molar-refractivity contribution is 4.92. The lowest BCUT2D eigenvalue weighted by atomic mass is 9.77. The molecule has 0 aromatic heterocycles. The Balaban J connectivity index is 1.36. The van der Waals surface area contributed by atoms with Crippen LogP contribution in [0.4, 0.5) is 0 Å². The minimum absolute atomic E-state index is 0.197. The summed E-state index contributed by atoms with van der Waals surface area (Å²) in [5.74, 6) is 0. The summed E-state index contributed by atoms with van der Waals surface area (Å²) < 4.78 is 12.0. The van der Waals surface area contributed by atoms with Crippen LogP contribution >= 0.6 is 0 Å². The average Bonchev–Trinajstić information content (AvgIpc) is 3.17. The molecular formula is C15H27NO2. The molecule has 0 spiro atoms. The van der Waals surface area contributed by atoms with E-state index in [0.717, 1.165) is 25.8 Å². The Bertz CT molecular complexity index is 255. The van der Waals surface area contributed by atoms with Crippen LogP contribution in [-0.4, -0.2) is 37.5 Å². The predicted octanol–water partition coefficient (Wildman–Crippen LogP) is 2.64. The lowest BCUT2D eigenvalue weighted by Crippen LogP contribution is -2.45. The van der Waals surface area contributed by atoms with Crippen molar-refractivity contribution < 1.29 is 9.47 Å². The van der Waals surface area contributed by atoms with Crippen molar-refractivity contribution >= 4 is 0 Å². The van der Waals surface area contributed by atoms with Crippen molar-refractivity contribution in [2.45, 2.75) is 75.5 Å². The molecule has 3 nitrogen and oxygen atoms in total. The van der Waals surface area contributed by atoms with Gasteiger partial charge in [-0.3, -0.25) is 0 Å². The second kappa shape index (κ2) is 5.89. The highest BCUT2D eigenvalue weighted by Crippen LogP contribution is 2.39. The zero-order valence-electron chi connectivity index (χ0n) is 11.5. The fourth-order valence-electron chi connectivity index (χ4n) is 3.04. The third kappa shape index (κ3) is 3.46. The SMILES string of the molecule is C1CCC(COC2(CCNC3CC3)CCC2)OC1. The molecule has 2 saturated carbocycles. The zero-order valence-corrected chi connectivity index (χ0v) is 11.5. The molecule has 3 fully saturated rings. The maximum atomic E-state index is 6.24. The number of hydrogen-bond donors (Lipinski definition) is 1. The second-order valence-corrected chi connectivity index (χ2v) is 6.31. The fraction of sp³-hybridized carbons (Fsp3) is 1.00. The molecule has 104 valence electrons. The Morgan fingerprint density at radius 1 is 1.11 bits per heavy atom. The lowest BCUT2D eigenvalue weighted by molar-refractivity contribution is -0.143. The highest BCUT2D eigenvalue weighted by atomic mass is 16.5. The van der Waals surface area contributed by atoms with E-state index in [2.05, 4.69) is 5.32 Å². The largest absolute Gasteiger partial charge is 0.376 e. The molecule has 1 atom stereocenters. The molecule has 3 heteroatoms. The summed E-state index contributed by atoms with van der Waals surface area (Å²) in [4.78, 5) is 0. The van der Waals surface area contributed by atoms with E-state index >= 15 is 0 Å². The first kappa shape index (κ1) is 12.9.